The first kappa shape index (κ1) is 18.0. The van der Waals surface area contributed by atoms with Crippen molar-refractivity contribution < 1.29 is 0 Å². The lowest BCUT2D eigenvalue weighted by Gasteiger charge is -2.22. The third-order valence-corrected chi connectivity index (χ3v) is 5.27. The van der Waals surface area contributed by atoms with Crippen molar-refractivity contribution in [3.8, 4) is 0 Å². The molecule has 1 aliphatic carbocycles. The monoisotopic (exact) mass is 406 g/mol. The second kappa shape index (κ2) is 8.08. The normalized spacial score (nSPS) is 15.8. The Morgan fingerprint density at radius 1 is 1.44 bits per heavy atom. The Balaban J connectivity index is 1.56. The lowest BCUT2D eigenvalue weighted by atomic mass is 10.3. The summed E-state index contributed by atoms with van der Waals surface area (Å²) in [4.78, 5) is 6.52. The van der Waals surface area contributed by atoms with Crippen LogP contribution in [0, 0.1) is 0 Å². The first-order chi connectivity index (χ1) is 12.1. The number of nitrogens with one attached hydrogen (secondary N) is 1. The molecule has 2 aromatic rings. The molecule has 136 valence electrons. The topological polar surface area (TPSA) is 50.4 Å². The van der Waals surface area contributed by atoms with Crippen molar-refractivity contribution in [2.75, 3.05) is 14.1 Å². The van der Waals surface area contributed by atoms with Crippen molar-refractivity contribution in [1.82, 2.24) is 24.6 Å². The van der Waals surface area contributed by atoms with Gasteiger partial charge in [-0.05, 0) is 40.9 Å². The van der Waals surface area contributed by atoms with Crippen LogP contribution in [0.1, 0.15) is 43.1 Å². The van der Waals surface area contributed by atoms with Crippen LogP contribution in [0.3, 0.4) is 0 Å². The molecular formula is C18H27BrN6. The number of rotatable bonds is 5. The van der Waals surface area contributed by atoms with Gasteiger partial charge >= 0.3 is 0 Å². The minimum Gasteiger partial charge on any atom is -0.352 e. The van der Waals surface area contributed by atoms with Crippen molar-refractivity contribution in [2.45, 2.75) is 44.8 Å². The fourth-order valence-electron chi connectivity index (χ4n) is 3.44. The van der Waals surface area contributed by atoms with Crippen LogP contribution >= 0.6 is 15.9 Å². The van der Waals surface area contributed by atoms with Gasteiger partial charge in [-0.15, -0.1) is 0 Å². The van der Waals surface area contributed by atoms with Gasteiger partial charge in [0.2, 0.25) is 0 Å². The Bertz CT molecular complexity index is 726. The minimum atomic E-state index is 0.589. The van der Waals surface area contributed by atoms with Crippen LogP contribution in [0.5, 0.6) is 0 Å². The van der Waals surface area contributed by atoms with Gasteiger partial charge in [-0.1, -0.05) is 12.8 Å². The molecule has 2 heterocycles. The van der Waals surface area contributed by atoms with E-state index in [0.29, 0.717) is 12.6 Å². The maximum Gasteiger partial charge on any atom is 0.194 e. The summed E-state index contributed by atoms with van der Waals surface area (Å²) in [5.41, 5.74) is 2.28. The number of aliphatic imine (C=N–C) groups is 1. The minimum absolute atomic E-state index is 0.589. The van der Waals surface area contributed by atoms with E-state index in [1.165, 1.54) is 31.4 Å². The van der Waals surface area contributed by atoms with Crippen LogP contribution in [0.2, 0.25) is 0 Å². The van der Waals surface area contributed by atoms with Gasteiger partial charge in [0, 0.05) is 43.7 Å². The number of guanidine groups is 1. The molecule has 1 N–H and O–H groups in total. The molecule has 0 spiro atoms. The fraction of sp³-hybridized carbons (Fsp3) is 0.556. The van der Waals surface area contributed by atoms with E-state index in [9.17, 15) is 0 Å². The second-order valence-corrected chi connectivity index (χ2v) is 7.66. The zero-order valence-corrected chi connectivity index (χ0v) is 16.8. The molecule has 0 aromatic carbocycles. The molecule has 7 heteroatoms. The van der Waals surface area contributed by atoms with Crippen LogP contribution in [-0.4, -0.2) is 39.3 Å². The number of aryl methyl sites for hydroxylation is 1. The molecule has 0 unspecified atom stereocenters. The summed E-state index contributed by atoms with van der Waals surface area (Å²) in [6, 6.07) is 4.83. The van der Waals surface area contributed by atoms with Gasteiger partial charge in [0.25, 0.3) is 0 Å². The van der Waals surface area contributed by atoms with Crippen LogP contribution in [0.4, 0.5) is 0 Å². The van der Waals surface area contributed by atoms with Gasteiger partial charge in [-0.3, -0.25) is 9.67 Å². The first-order valence-corrected chi connectivity index (χ1v) is 9.62. The van der Waals surface area contributed by atoms with Gasteiger partial charge in [0.05, 0.1) is 24.8 Å². The molecule has 0 radical (unpaired) electrons. The zero-order valence-electron chi connectivity index (χ0n) is 15.2. The summed E-state index contributed by atoms with van der Waals surface area (Å²) < 4.78 is 5.36. The molecule has 1 aliphatic rings. The molecule has 6 nitrogen and oxygen atoms in total. The maximum absolute atomic E-state index is 4.73. The smallest absolute Gasteiger partial charge is 0.194 e. The number of nitrogens with zero attached hydrogens (tertiary/aromatic N) is 5. The average Bonchev–Trinajstić information content (AvgIpc) is 3.30. The van der Waals surface area contributed by atoms with Crippen molar-refractivity contribution in [3.05, 3.63) is 40.4 Å². The van der Waals surface area contributed by atoms with Crippen LogP contribution in [0.25, 0.3) is 0 Å². The van der Waals surface area contributed by atoms with Crippen molar-refractivity contribution in [3.63, 3.8) is 0 Å². The highest BCUT2D eigenvalue weighted by atomic mass is 79.9. The van der Waals surface area contributed by atoms with E-state index in [2.05, 4.69) is 72.0 Å². The highest BCUT2D eigenvalue weighted by Gasteiger charge is 2.17. The van der Waals surface area contributed by atoms with E-state index in [-0.39, 0.29) is 0 Å². The van der Waals surface area contributed by atoms with Gasteiger partial charge in [-0.25, -0.2) is 0 Å². The third kappa shape index (κ3) is 4.45. The molecular weight excluding hydrogens is 380 g/mol. The highest BCUT2D eigenvalue weighted by molar-refractivity contribution is 9.10. The van der Waals surface area contributed by atoms with E-state index >= 15 is 0 Å². The Morgan fingerprint density at radius 3 is 2.84 bits per heavy atom. The van der Waals surface area contributed by atoms with Crippen LogP contribution < -0.4 is 5.32 Å². The fourth-order valence-corrected chi connectivity index (χ4v) is 4.01. The molecule has 0 amide bonds. The number of aromatic nitrogens is 3. The van der Waals surface area contributed by atoms with Gasteiger partial charge in [0.1, 0.15) is 0 Å². The lowest BCUT2D eigenvalue weighted by molar-refractivity contribution is 0.453. The molecule has 0 atom stereocenters. The summed E-state index contributed by atoms with van der Waals surface area (Å²) in [6.07, 6.45) is 9.34. The Kier molecular flexibility index (Phi) is 5.83. The largest absolute Gasteiger partial charge is 0.352 e. The predicted octanol–water partition coefficient (Wildman–Crippen LogP) is 3.31. The molecule has 25 heavy (non-hydrogen) atoms. The second-order valence-electron chi connectivity index (χ2n) is 6.74. The molecule has 0 saturated heterocycles. The number of halogens is 1. The standard InChI is InChI=1S/C18H27BrN6/c1-20-18(24(3)13-17-10-14(19)12-23(17)2)21-11-15-8-9-25(22-15)16-6-4-5-7-16/h8-10,12,16H,4-7,11,13H2,1-3H3,(H,20,21). The maximum atomic E-state index is 4.73. The van der Waals surface area contributed by atoms with E-state index < -0.39 is 0 Å². The Morgan fingerprint density at radius 2 is 2.20 bits per heavy atom. The molecule has 0 aliphatic heterocycles. The van der Waals surface area contributed by atoms with Gasteiger partial charge in [-0.2, -0.15) is 5.10 Å². The van der Waals surface area contributed by atoms with E-state index in [4.69, 9.17) is 5.10 Å². The predicted molar refractivity (Wildman–Crippen MR) is 105 cm³/mol. The Labute approximate surface area is 158 Å². The van der Waals surface area contributed by atoms with E-state index in [0.717, 1.165) is 22.7 Å². The van der Waals surface area contributed by atoms with Crippen LogP contribution in [0.15, 0.2) is 34.0 Å². The third-order valence-electron chi connectivity index (χ3n) is 4.84. The molecule has 0 bridgehead atoms. The first-order valence-electron chi connectivity index (χ1n) is 8.83. The molecule has 3 rings (SSSR count). The summed E-state index contributed by atoms with van der Waals surface area (Å²) in [6.45, 7) is 1.48. The highest BCUT2D eigenvalue weighted by Crippen LogP contribution is 2.28. The lowest BCUT2D eigenvalue weighted by Crippen LogP contribution is -2.38. The number of hydrogen-bond acceptors (Lipinski definition) is 2. The zero-order chi connectivity index (χ0) is 17.8. The molecule has 2 aromatic heterocycles. The van der Waals surface area contributed by atoms with E-state index in [1.54, 1.807) is 0 Å². The quantitative estimate of drug-likeness (QED) is 0.611. The van der Waals surface area contributed by atoms with Crippen molar-refractivity contribution in [2.24, 2.45) is 12.0 Å². The SMILES string of the molecule is CN=C(NCc1ccn(C2CCCC2)n1)N(C)Cc1cc(Br)cn1C. The average molecular weight is 407 g/mol. The van der Waals surface area contributed by atoms with Crippen LogP contribution in [-0.2, 0) is 20.1 Å². The molecule has 1 saturated carbocycles. The van der Waals surface area contributed by atoms with Crippen molar-refractivity contribution >= 4 is 21.9 Å². The number of hydrogen-bond donors (Lipinski definition) is 1. The summed E-state index contributed by atoms with van der Waals surface area (Å²) in [7, 11) is 5.92. The van der Waals surface area contributed by atoms with E-state index in [1.807, 2.05) is 14.1 Å². The summed E-state index contributed by atoms with van der Waals surface area (Å²) in [5, 5.41) is 8.14. The summed E-state index contributed by atoms with van der Waals surface area (Å²) in [5.74, 6) is 0.868. The summed E-state index contributed by atoms with van der Waals surface area (Å²) >= 11 is 3.52. The molecule has 1 fully saturated rings. The Hall–Kier alpha value is -1.76. The van der Waals surface area contributed by atoms with Gasteiger partial charge < -0.3 is 14.8 Å². The van der Waals surface area contributed by atoms with Crippen molar-refractivity contribution in [1.29, 1.82) is 0 Å². The van der Waals surface area contributed by atoms with Gasteiger partial charge in [0.15, 0.2) is 5.96 Å².